The lowest BCUT2D eigenvalue weighted by molar-refractivity contribution is 0.283. The maximum absolute atomic E-state index is 11.2. The molecule has 0 unspecified atom stereocenters. The zero-order valence-electron chi connectivity index (χ0n) is 13.2. The molecule has 0 atom stereocenters. The van der Waals surface area contributed by atoms with Crippen molar-refractivity contribution in [3.63, 3.8) is 0 Å². The van der Waals surface area contributed by atoms with Crippen molar-refractivity contribution in [3.05, 3.63) is 59.2 Å². The lowest BCUT2D eigenvalue weighted by atomic mass is 10.1. The van der Waals surface area contributed by atoms with Crippen LogP contribution in [0.4, 0.5) is 0 Å². The normalized spacial score (nSPS) is 12.2. The van der Waals surface area contributed by atoms with Crippen molar-refractivity contribution in [2.45, 2.75) is 18.0 Å². The van der Waals surface area contributed by atoms with Crippen LogP contribution in [-0.4, -0.2) is 29.8 Å². The van der Waals surface area contributed by atoms with Gasteiger partial charge < -0.3 is 15.2 Å². The van der Waals surface area contributed by atoms with Gasteiger partial charge in [-0.25, -0.2) is 13.6 Å². The highest BCUT2D eigenvalue weighted by atomic mass is 32.2. The molecule has 5 N–H and O–H groups in total. The molecule has 2 aromatic carbocycles. The molecule has 8 heteroatoms. The van der Waals surface area contributed by atoms with E-state index in [0.717, 1.165) is 10.9 Å². The molecule has 3 rings (SSSR count). The van der Waals surface area contributed by atoms with Crippen molar-refractivity contribution in [3.8, 4) is 5.88 Å². The minimum atomic E-state index is -3.71. The summed E-state index contributed by atoms with van der Waals surface area (Å²) in [5.74, 6) is -0.0239. The number of H-pyrrole nitrogens is 1. The number of nitrogens with zero attached hydrogens (tertiary/aromatic N) is 1. The predicted molar refractivity (Wildman–Crippen MR) is 95.0 cm³/mol. The molecule has 0 spiro atoms. The first kappa shape index (κ1) is 17.2. The van der Waals surface area contributed by atoms with Crippen LogP contribution in [0.25, 0.3) is 10.9 Å². The van der Waals surface area contributed by atoms with Gasteiger partial charge >= 0.3 is 0 Å². The fourth-order valence-electron chi connectivity index (χ4n) is 2.62. The first-order valence-electron chi connectivity index (χ1n) is 7.45. The number of fused-ring (bicyclic) bond motifs is 1. The van der Waals surface area contributed by atoms with Crippen LogP contribution in [0, 0.1) is 0 Å². The van der Waals surface area contributed by atoms with Crippen LogP contribution in [-0.2, 0) is 23.2 Å². The summed E-state index contributed by atoms with van der Waals surface area (Å²) in [5.41, 5.74) is 2.70. The summed E-state index contributed by atoms with van der Waals surface area (Å²) in [6.07, 6.45) is 1.53. The largest absolute Gasteiger partial charge is 0.494 e. The van der Waals surface area contributed by atoms with Gasteiger partial charge in [0.25, 0.3) is 0 Å². The molecule has 0 saturated carbocycles. The molecular weight excluding hydrogens is 342 g/mol. The van der Waals surface area contributed by atoms with Crippen molar-refractivity contribution in [2.75, 3.05) is 0 Å². The van der Waals surface area contributed by atoms with Crippen LogP contribution in [0.1, 0.15) is 16.7 Å². The van der Waals surface area contributed by atoms with E-state index in [1.807, 2.05) is 0 Å². The van der Waals surface area contributed by atoms with E-state index in [2.05, 4.69) is 9.98 Å². The lowest BCUT2D eigenvalue weighted by Gasteiger charge is -2.01. The number of aliphatic hydroxyl groups is 1. The van der Waals surface area contributed by atoms with Crippen molar-refractivity contribution < 1.29 is 18.6 Å². The molecule has 0 aliphatic carbocycles. The summed E-state index contributed by atoms with van der Waals surface area (Å²) < 4.78 is 22.5. The van der Waals surface area contributed by atoms with E-state index in [-0.39, 0.29) is 17.4 Å². The highest BCUT2D eigenvalue weighted by molar-refractivity contribution is 7.89. The molecule has 0 saturated heterocycles. The van der Waals surface area contributed by atoms with E-state index < -0.39 is 10.0 Å². The van der Waals surface area contributed by atoms with E-state index in [9.17, 15) is 18.6 Å². The van der Waals surface area contributed by atoms with Crippen LogP contribution in [0.2, 0.25) is 0 Å². The fourth-order valence-corrected chi connectivity index (χ4v) is 3.14. The average Bonchev–Trinajstić information content (AvgIpc) is 2.90. The van der Waals surface area contributed by atoms with Gasteiger partial charge in [0, 0.05) is 17.1 Å². The number of rotatable bonds is 5. The summed E-state index contributed by atoms with van der Waals surface area (Å²) in [6.45, 7) is 0.156. The van der Waals surface area contributed by atoms with E-state index in [4.69, 9.17) is 5.14 Å². The third-order valence-corrected chi connectivity index (χ3v) is 4.77. The summed E-state index contributed by atoms with van der Waals surface area (Å²) in [6, 6.07) is 11.5. The molecule has 25 heavy (non-hydrogen) atoms. The molecule has 7 nitrogen and oxygen atoms in total. The van der Waals surface area contributed by atoms with Crippen molar-refractivity contribution >= 4 is 27.1 Å². The van der Waals surface area contributed by atoms with E-state index in [1.54, 1.807) is 30.3 Å². The maximum atomic E-state index is 11.2. The Morgan fingerprint density at radius 1 is 1.16 bits per heavy atom. The second kappa shape index (κ2) is 6.67. The molecule has 0 aliphatic rings. The number of benzene rings is 2. The highest BCUT2D eigenvalue weighted by Crippen LogP contribution is 2.28. The minimum Gasteiger partial charge on any atom is -0.494 e. The fraction of sp³-hybridized carbons (Fsp3) is 0.118. The topological polar surface area (TPSA) is 129 Å². The molecule has 3 aromatic rings. The smallest absolute Gasteiger partial charge is 0.238 e. The van der Waals surface area contributed by atoms with Gasteiger partial charge in [-0.1, -0.05) is 24.3 Å². The van der Waals surface area contributed by atoms with Crippen molar-refractivity contribution in [1.82, 2.24) is 4.98 Å². The Kier molecular flexibility index (Phi) is 4.58. The van der Waals surface area contributed by atoms with E-state index >= 15 is 0 Å². The molecule has 0 radical (unpaired) electrons. The number of primary sulfonamides is 1. The molecule has 0 bridgehead atoms. The molecule has 130 valence electrons. The third kappa shape index (κ3) is 3.55. The first-order chi connectivity index (χ1) is 11.9. The highest BCUT2D eigenvalue weighted by Gasteiger charge is 2.12. The van der Waals surface area contributed by atoms with Crippen molar-refractivity contribution in [2.24, 2.45) is 10.1 Å². The SMILES string of the molecule is NS(=O)(=O)c1ccc(CN=Cc2c(O)[nH]c3cccc(CO)c23)cc1. The summed E-state index contributed by atoms with van der Waals surface area (Å²) in [5, 5.41) is 25.3. The Bertz CT molecular complexity index is 1040. The second-order valence-electron chi connectivity index (χ2n) is 5.54. The number of hydrogen-bond donors (Lipinski definition) is 4. The van der Waals surface area contributed by atoms with Gasteiger partial charge in [-0.3, -0.25) is 4.99 Å². The van der Waals surface area contributed by atoms with Gasteiger partial charge in [-0.2, -0.15) is 0 Å². The first-order valence-corrected chi connectivity index (χ1v) is 8.99. The molecule has 1 aromatic heterocycles. The van der Waals surface area contributed by atoms with E-state index in [1.165, 1.54) is 18.3 Å². The Balaban J connectivity index is 1.86. The number of sulfonamides is 1. The van der Waals surface area contributed by atoms with Crippen LogP contribution in [0.3, 0.4) is 0 Å². The summed E-state index contributed by atoms with van der Waals surface area (Å²) in [4.78, 5) is 7.19. The predicted octanol–water partition coefficient (Wildman–Crippen LogP) is 1.63. The van der Waals surface area contributed by atoms with Gasteiger partial charge in [-0.15, -0.1) is 0 Å². The number of nitrogens with two attached hydrogens (primary N) is 1. The van der Waals surface area contributed by atoms with Gasteiger partial charge in [0.2, 0.25) is 10.0 Å². The van der Waals surface area contributed by atoms with Gasteiger partial charge in [0.15, 0.2) is 5.88 Å². The molecular formula is C17H17N3O4S. The lowest BCUT2D eigenvalue weighted by Crippen LogP contribution is -2.11. The van der Waals surface area contributed by atoms with Gasteiger partial charge in [0.1, 0.15) is 0 Å². The monoisotopic (exact) mass is 359 g/mol. The average molecular weight is 359 g/mol. The second-order valence-corrected chi connectivity index (χ2v) is 7.11. The zero-order valence-corrected chi connectivity index (χ0v) is 14.0. The number of aliphatic imine (C=N–C) groups is 1. The quantitative estimate of drug-likeness (QED) is 0.516. The van der Waals surface area contributed by atoms with Crippen LogP contribution in [0.5, 0.6) is 5.88 Å². The molecule has 1 heterocycles. The maximum Gasteiger partial charge on any atom is 0.238 e. The number of aromatic hydroxyl groups is 1. The third-order valence-electron chi connectivity index (χ3n) is 3.84. The van der Waals surface area contributed by atoms with Crippen molar-refractivity contribution in [1.29, 1.82) is 0 Å². The number of aromatic amines is 1. The number of nitrogens with one attached hydrogen (secondary N) is 1. The molecule has 0 fully saturated rings. The van der Waals surface area contributed by atoms with Gasteiger partial charge in [0.05, 0.1) is 23.6 Å². The van der Waals surface area contributed by atoms with Gasteiger partial charge in [-0.05, 0) is 29.3 Å². The van der Waals surface area contributed by atoms with E-state index in [0.29, 0.717) is 23.2 Å². The standard InChI is InChI=1S/C17H17N3O4S/c18-25(23,24)13-6-4-11(5-7-13)8-19-9-14-16-12(10-21)2-1-3-15(16)20-17(14)22/h1-7,9,20-22H,8,10H2,(H2,18,23,24). The number of aromatic nitrogens is 1. The molecule has 0 amide bonds. The summed E-state index contributed by atoms with van der Waals surface area (Å²) >= 11 is 0. The summed E-state index contributed by atoms with van der Waals surface area (Å²) in [7, 11) is -3.71. The zero-order chi connectivity index (χ0) is 18.0. The van der Waals surface area contributed by atoms with Crippen LogP contribution >= 0.6 is 0 Å². The number of hydrogen-bond acceptors (Lipinski definition) is 5. The van der Waals surface area contributed by atoms with Crippen LogP contribution in [0.15, 0.2) is 52.4 Å². The number of aliphatic hydroxyl groups excluding tert-OH is 1. The Morgan fingerprint density at radius 3 is 2.52 bits per heavy atom. The minimum absolute atomic E-state index is 0.0239. The Hall–Kier alpha value is -2.68. The molecule has 0 aliphatic heterocycles. The van der Waals surface area contributed by atoms with Crippen LogP contribution < -0.4 is 5.14 Å². The Morgan fingerprint density at radius 2 is 1.88 bits per heavy atom. The Labute approximate surface area is 144 Å².